The molecule has 0 radical (unpaired) electrons. The van der Waals surface area contributed by atoms with E-state index in [9.17, 15) is 24.0 Å². The molecular formula is C26H22O9. The molecule has 0 heterocycles. The van der Waals surface area contributed by atoms with Gasteiger partial charge in [-0.3, -0.25) is 4.79 Å². The Bertz CT molecular complexity index is 1380. The lowest BCUT2D eigenvalue weighted by Gasteiger charge is -2.21. The molecule has 3 aromatic carbocycles. The summed E-state index contributed by atoms with van der Waals surface area (Å²) in [5.74, 6) is -5.03. The zero-order valence-electron chi connectivity index (χ0n) is 19.7. The van der Waals surface area contributed by atoms with E-state index < -0.39 is 51.9 Å². The van der Waals surface area contributed by atoms with Gasteiger partial charge in [0.15, 0.2) is 5.78 Å². The van der Waals surface area contributed by atoms with E-state index in [1.165, 1.54) is 6.92 Å². The number of ketones is 1. The first-order chi connectivity index (χ1) is 16.7. The summed E-state index contributed by atoms with van der Waals surface area (Å²) in [7, 11) is 4.18. The van der Waals surface area contributed by atoms with Crippen molar-refractivity contribution in [3.05, 3.63) is 81.4 Å². The van der Waals surface area contributed by atoms with Crippen molar-refractivity contribution in [2.24, 2.45) is 0 Å². The third-order valence-corrected chi connectivity index (χ3v) is 5.57. The maximum absolute atomic E-state index is 14.0. The third-order valence-electron chi connectivity index (χ3n) is 5.57. The van der Waals surface area contributed by atoms with Gasteiger partial charge in [0.2, 0.25) is 0 Å². The third kappa shape index (κ3) is 4.23. The zero-order chi connectivity index (χ0) is 25.9. The van der Waals surface area contributed by atoms with Crippen LogP contribution in [0.25, 0.3) is 10.8 Å². The van der Waals surface area contributed by atoms with Crippen LogP contribution in [-0.2, 0) is 18.9 Å². The topological polar surface area (TPSA) is 122 Å². The number of rotatable bonds is 6. The Morgan fingerprint density at radius 2 is 0.971 bits per heavy atom. The summed E-state index contributed by atoms with van der Waals surface area (Å²) in [6.07, 6.45) is 0. The lowest BCUT2D eigenvalue weighted by molar-refractivity contribution is 0.0519. The Balaban J connectivity index is 2.58. The fraction of sp³-hybridized carbons (Fsp3) is 0.192. The highest BCUT2D eigenvalue weighted by molar-refractivity contribution is 6.25. The molecule has 0 aliphatic rings. The zero-order valence-corrected chi connectivity index (χ0v) is 19.7. The molecule has 3 rings (SSSR count). The van der Waals surface area contributed by atoms with Crippen molar-refractivity contribution in [1.29, 1.82) is 0 Å². The highest BCUT2D eigenvalue weighted by atomic mass is 16.5. The molecule has 180 valence electrons. The number of hydrogen-bond donors (Lipinski definition) is 0. The molecule has 9 nitrogen and oxygen atoms in total. The standard InChI is InChI=1S/C26H22O9/c1-13-17(22(27)16-12-8-10-14-9-6-7-11-15(14)16)19(24(29)33-3)21(26(31)35-5)20(25(30)34-4)18(13)23(28)32-2/h6-12H,1-5H3. The van der Waals surface area contributed by atoms with Gasteiger partial charge in [0.1, 0.15) is 0 Å². The summed E-state index contributed by atoms with van der Waals surface area (Å²) >= 11 is 0. The van der Waals surface area contributed by atoms with Gasteiger partial charge in [-0.05, 0) is 23.3 Å². The number of carbonyl (C=O) groups excluding carboxylic acids is 5. The van der Waals surface area contributed by atoms with Gasteiger partial charge in [0.25, 0.3) is 0 Å². The Hall–Kier alpha value is -4.53. The highest BCUT2D eigenvalue weighted by Gasteiger charge is 2.39. The summed E-state index contributed by atoms with van der Waals surface area (Å²) in [5, 5.41) is 1.33. The first-order valence-corrected chi connectivity index (χ1v) is 10.3. The number of ether oxygens (including phenoxy) is 4. The second kappa shape index (κ2) is 10.2. The van der Waals surface area contributed by atoms with Gasteiger partial charge in [0.05, 0.1) is 50.7 Å². The quantitative estimate of drug-likeness (QED) is 0.297. The minimum absolute atomic E-state index is 0.0664. The van der Waals surface area contributed by atoms with E-state index in [0.717, 1.165) is 33.8 Å². The van der Waals surface area contributed by atoms with Crippen LogP contribution >= 0.6 is 0 Å². The fourth-order valence-corrected chi connectivity index (χ4v) is 3.99. The van der Waals surface area contributed by atoms with Crippen molar-refractivity contribution in [3.8, 4) is 0 Å². The van der Waals surface area contributed by atoms with Crippen LogP contribution in [-0.4, -0.2) is 58.1 Å². The average Bonchev–Trinajstić information content (AvgIpc) is 2.89. The predicted molar refractivity (Wildman–Crippen MR) is 124 cm³/mol. The highest BCUT2D eigenvalue weighted by Crippen LogP contribution is 2.34. The van der Waals surface area contributed by atoms with E-state index in [2.05, 4.69) is 0 Å². The molecule has 0 bridgehead atoms. The van der Waals surface area contributed by atoms with Crippen molar-refractivity contribution < 1.29 is 42.9 Å². The fourth-order valence-electron chi connectivity index (χ4n) is 3.99. The number of benzene rings is 3. The largest absolute Gasteiger partial charge is 0.465 e. The molecule has 0 N–H and O–H groups in total. The summed E-state index contributed by atoms with van der Waals surface area (Å²) < 4.78 is 19.3. The average molecular weight is 478 g/mol. The Morgan fingerprint density at radius 1 is 0.543 bits per heavy atom. The van der Waals surface area contributed by atoms with Gasteiger partial charge in [-0.25, -0.2) is 19.2 Å². The summed E-state index contributed by atoms with van der Waals surface area (Å²) in [6.45, 7) is 1.37. The molecule has 0 unspecified atom stereocenters. The van der Waals surface area contributed by atoms with Crippen molar-refractivity contribution in [2.45, 2.75) is 6.92 Å². The second-order valence-corrected chi connectivity index (χ2v) is 7.32. The molecule has 0 saturated heterocycles. The van der Waals surface area contributed by atoms with Crippen LogP contribution in [0.15, 0.2) is 42.5 Å². The molecule has 0 atom stereocenters. The Labute approximate surface area is 200 Å². The van der Waals surface area contributed by atoms with Crippen LogP contribution in [0.4, 0.5) is 0 Å². The molecule has 9 heteroatoms. The maximum Gasteiger partial charge on any atom is 0.339 e. The molecule has 0 amide bonds. The smallest absolute Gasteiger partial charge is 0.339 e. The molecule has 0 saturated carbocycles. The van der Waals surface area contributed by atoms with Crippen LogP contribution < -0.4 is 0 Å². The van der Waals surface area contributed by atoms with Crippen LogP contribution in [0.1, 0.15) is 62.9 Å². The van der Waals surface area contributed by atoms with Gasteiger partial charge in [-0.15, -0.1) is 0 Å². The first-order valence-electron chi connectivity index (χ1n) is 10.3. The van der Waals surface area contributed by atoms with Crippen LogP contribution in [0, 0.1) is 6.92 Å². The molecule has 0 aliphatic carbocycles. The normalized spacial score (nSPS) is 10.4. The summed E-state index contributed by atoms with van der Waals surface area (Å²) in [4.78, 5) is 65.4. The van der Waals surface area contributed by atoms with E-state index >= 15 is 0 Å². The van der Waals surface area contributed by atoms with Gasteiger partial charge < -0.3 is 18.9 Å². The van der Waals surface area contributed by atoms with E-state index in [1.54, 1.807) is 42.5 Å². The molecule has 0 aliphatic heterocycles. The van der Waals surface area contributed by atoms with Crippen LogP contribution in [0.3, 0.4) is 0 Å². The van der Waals surface area contributed by atoms with Crippen LogP contribution in [0.2, 0.25) is 0 Å². The Morgan fingerprint density at radius 3 is 1.51 bits per heavy atom. The van der Waals surface area contributed by atoms with Gasteiger partial charge in [-0.1, -0.05) is 42.5 Å². The minimum atomic E-state index is -1.15. The Kier molecular flexibility index (Phi) is 7.29. The van der Waals surface area contributed by atoms with Crippen molar-refractivity contribution in [1.82, 2.24) is 0 Å². The lowest BCUT2D eigenvalue weighted by atomic mass is 9.83. The van der Waals surface area contributed by atoms with E-state index in [0.29, 0.717) is 5.39 Å². The summed E-state index contributed by atoms with van der Waals surface area (Å²) in [5.41, 5.74) is -2.31. The second-order valence-electron chi connectivity index (χ2n) is 7.32. The monoisotopic (exact) mass is 478 g/mol. The minimum Gasteiger partial charge on any atom is -0.465 e. The number of fused-ring (bicyclic) bond motifs is 1. The number of hydrogen-bond acceptors (Lipinski definition) is 9. The van der Waals surface area contributed by atoms with E-state index in [-0.39, 0.29) is 16.7 Å². The van der Waals surface area contributed by atoms with Crippen molar-refractivity contribution >= 4 is 40.4 Å². The molecule has 35 heavy (non-hydrogen) atoms. The number of methoxy groups -OCH3 is 4. The molecule has 0 fully saturated rings. The maximum atomic E-state index is 14.0. The van der Waals surface area contributed by atoms with Gasteiger partial charge >= 0.3 is 23.9 Å². The van der Waals surface area contributed by atoms with E-state index in [4.69, 9.17) is 18.9 Å². The van der Waals surface area contributed by atoms with Crippen molar-refractivity contribution in [2.75, 3.05) is 28.4 Å². The molecular weight excluding hydrogens is 456 g/mol. The van der Waals surface area contributed by atoms with Gasteiger partial charge in [-0.2, -0.15) is 0 Å². The lowest BCUT2D eigenvalue weighted by Crippen LogP contribution is -2.27. The number of carbonyl (C=O) groups is 5. The van der Waals surface area contributed by atoms with Gasteiger partial charge in [0, 0.05) is 11.1 Å². The summed E-state index contributed by atoms with van der Waals surface area (Å²) in [6, 6.07) is 12.1. The molecule has 0 aromatic heterocycles. The molecule has 3 aromatic rings. The molecule has 0 spiro atoms. The predicted octanol–water partition coefficient (Wildman–Crippen LogP) is 3.53. The SMILES string of the molecule is COC(=O)c1c(C)c(C(=O)c2cccc3ccccc23)c(C(=O)OC)c(C(=O)OC)c1C(=O)OC. The van der Waals surface area contributed by atoms with E-state index in [1.807, 2.05) is 0 Å². The first kappa shape index (κ1) is 25.1. The number of esters is 4. The van der Waals surface area contributed by atoms with Crippen LogP contribution in [0.5, 0.6) is 0 Å². The van der Waals surface area contributed by atoms with Crippen molar-refractivity contribution in [3.63, 3.8) is 0 Å².